The van der Waals surface area contributed by atoms with Crippen LogP contribution >= 0.6 is 0 Å². The fourth-order valence-electron chi connectivity index (χ4n) is 2.65. The lowest BCUT2D eigenvalue weighted by molar-refractivity contribution is -0.137. The van der Waals surface area contributed by atoms with E-state index in [2.05, 4.69) is 4.98 Å². The summed E-state index contributed by atoms with van der Waals surface area (Å²) in [5.41, 5.74) is 0.0882. The van der Waals surface area contributed by atoms with Crippen molar-refractivity contribution in [1.82, 2.24) is 4.98 Å². The molecular formula is C21H15F3N2O3. The third-order valence-corrected chi connectivity index (χ3v) is 4.09. The van der Waals surface area contributed by atoms with Gasteiger partial charge in [0, 0.05) is 5.56 Å². The maximum absolute atomic E-state index is 12.9. The largest absolute Gasteiger partial charge is 0.457 e. The summed E-state index contributed by atoms with van der Waals surface area (Å²) in [4.78, 5) is 4.29. The van der Waals surface area contributed by atoms with Gasteiger partial charge in [0.15, 0.2) is 0 Å². The van der Waals surface area contributed by atoms with Gasteiger partial charge >= 0.3 is 6.18 Å². The molecule has 0 saturated carbocycles. The standard InChI is InChI=1S/C21H15F3N2O3/c22-21(23,24)17-9-8-16(10-14(17)11-25)29-15-6-4-13(5-7-15)18-2-1-3-19(26-18)20(28)12-27/h1-10,20,27-28H,12H2/t20-/m1/s1. The Hall–Kier alpha value is -3.41. The van der Waals surface area contributed by atoms with Gasteiger partial charge in [0.1, 0.15) is 17.6 Å². The Kier molecular flexibility index (Phi) is 5.82. The number of aromatic nitrogens is 1. The van der Waals surface area contributed by atoms with Crippen LogP contribution in [0.1, 0.15) is 22.9 Å². The average Bonchev–Trinajstić information content (AvgIpc) is 2.73. The normalized spacial score (nSPS) is 12.3. The summed E-state index contributed by atoms with van der Waals surface area (Å²) in [7, 11) is 0. The van der Waals surface area contributed by atoms with E-state index < -0.39 is 30.0 Å². The molecule has 29 heavy (non-hydrogen) atoms. The van der Waals surface area contributed by atoms with Crippen LogP contribution in [0.2, 0.25) is 0 Å². The second-order valence-corrected chi connectivity index (χ2v) is 6.09. The van der Waals surface area contributed by atoms with Crippen LogP contribution < -0.4 is 4.74 Å². The van der Waals surface area contributed by atoms with Crippen molar-refractivity contribution in [2.24, 2.45) is 0 Å². The molecule has 5 nitrogen and oxygen atoms in total. The molecule has 0 spiro atoms. The van der Waals surface area contributed by atoms with Crippen molar-refractivity contribution in [2.75, 3.05) is 6.61 Å². The lowest BCUT2D eigenvalue weighted by Crippen LogP contribution is -2.07. The van der Waals surface area contributed by atoms with Crippen LogP contribution in [-0.2, 0) is 6.18 Å². The van der Waals surface area contributed by atoms with Gasteiger partial charge in [-0.1, -0.05) is 6.07 Å². The highest BCUT2D eigenvalue weighted by Gasteiger charge is 2.33. The molecule has 0 amide bonds. The van der Waals surface area contributed by atoms with E-state index in [0.717, 1.165) is 23.8 Å². The zero-order valence-corrected chi connectivity index (χ0v) is 14.9. The Morgan fingerprint density at radius 1 is 1.03 bits per heavy atom. The van der Waals surface area contributed by atoms with Crippen LogP contribution in [0.5, 0.6) is 11.5 Å². The van der Waals surface area contributed by atoms with Crippen molar-refractivity contribution >= 4 is 0 Å². The lowest BCUT2D eigenvalue weighted by atomic mass is 10.1. The van der Waals surface area contributed by atoms with E-state index in [1.807, 2.05) is 0 Å². The molecule has 148 valence electrons. The quantitative estimate of drug-likeness (QED) is 0.661. The number of ether oxygens (including phenoxy) is 1. The summed E-state index contributed by atoms with van der Waals surface area (Å²) in [5.74, 6) is 0.470. The van der Waals surface area contributed by atoms with Crippen LogP contribution in [0.3, 0.4) is 0 Å². The Bertz CT molecular complexity index is 1040. The molecule has 8 heteroatoms. The number of alkyl halides is 3. The molecule has 0 aliphatic heterocycles. The molecule has 3 rings (SSSR count). The number of rotatable bonds is 5. The van der Waals surface area contributed by atoms with E-state index in [4.69, 9.17) is 15.1 Å². The van der Waals surface area contributed by atoms with Gasteiger partial charge in [-0.15, -0.1) is 0 Å². The maximum atomic E-state index is 12.9. The van der Waals surface area contributed by atoms with Crippen LogP contribution in [0.25, 0.3) is 11.3 Å². The molecule has 0 aliphatic carbocycles. The predicted molar refractivity (Wildman–Crippen MR) is 98.0 cm³/mol. The van der Waals surface area contributed by atoms with E-state index in [1.165, 1.54) is 6.07 Å². The van der Waals surface area contributed by atoms with Gasteiger partial charge in [0.05, 0.1) is 35.2 Å². The zero-order valence-electron chi connectivity index (χ0n) is 14.9. The topological polar surface area (TPSA) is 86.4 Å². The van der Waals surface area contributed by atoms with Crippen LogP contribution in [0, 0.1) is 11.3 Å². The first kappa shape index (κ1) is 20.3. The molecule has 3 aromatic rings. The number of hydrogen-bond donors (Lipinski definition) is 2. The molecule has 0 radical (unpaired) electrons. The number of aliphatic hydroxyl groups is 2. The average molecular weight is 400 g/mol. The number of nitrogens with zero attached hydrogens (tertiary/aromatic N) is 2. The number of halogens is 3. The van der Waals surface area contributed by atoms with Gasteiger partial charge in [-0.2, -0.15) is 18.4 Å². The fraction of sp³-hybridized carbons (Fsp3) is 0.143. The van der Waals surface area contributed by atoms with Crippen molar-refractivity contribution < 1.29 is 28.1 Å². The van der Waals surface area contributed by atoms with Crippen molar-refractivity contribution in [3.05, 3.63) is 77.5 Å². The minimum absolute atomic E-state index is 0.105. The molecule has 0 aliphatic rings. The third-order valence-electron chi connectivity index (χ3n) is 4.09. The van der Waals surface area contributed by atoms with Crippen molar-refractivity contribution in [2.45, 2.75) is 12.3 Å². The van der Waals surface area contributed by atoms with Gasteiger partial charge < -0.3 is 14.9 Å². The Morgan fingerprint density at radius 2 is 1.72 bits per heavy atom. The first-order valence-corrected chi connectivity index (χ1v) is 8.47. The Morgan fingerprint density at radius 3 is 2.34 bits per heavy atom. The predicted octanol–water partition coefficient (Wildman–Crippen LogP) is 4.46. The van der Waals surface area contributed by atoms with Crippen LogP contribution in [0.4, 0.5) is 13.2 Å². The van der Waals surface area contributed by atoms with Gasteiger partial charge in [-0.3, -0.25) is 0 Å². The number of nitriles is 1. The summed E-state index contributed by atoms with van der Waals surface area (Å²) >= 11 is 0. The number of aliphatic hydroxyl groups excluding tert-OH is 2. The monoisotopic (exact) mass is 400 g/mol. The molecule has 1 atom stereocenters. The molecule has 0 saturated heterocycles. The van der Waals surface area contributed by atoms with E-state index >= 15 is 0 Å². The molecule has 1 heterocycles. The molecule has 0 fully saturated rings. The van der Waals surface area contributed by atoms with E-state index in [9.17, 15) is 18.3 Å². The summed E-state index contributed by atoms with van der Waals surface area (Å²) in [5, 5.41) is 27.7. The van der Waals surface area contributed by atoms with Gasteiger partial charge in [0.2, 0.25) is 0 Å². The highest BCUT2D eigenvalue weighted by Crippen LogP contribution is 2.34. The van der Waals surface area contributed by atoms with E-state index in [-0.39, 0.29) is 5.75 Å². The zero-order chi connectivity index (χ0) is 21.0. The second-order valence-electron chi connectivity index (χ2n) is 6.09. The van der Waals surface area contributed by atoms with Gasteiger partial charge in [-0.05, 0) is 54.6 Å². The van der Waals surface area contributed by atoms with Gasteiger partial charge in [0.25, 0.3) is 0 Å². The van der Waals surface area contributed by atoms with Crippen LogP contribution in [-0.4, -0.2) is 21.8 Å². The number of hydrogen-bond acceptors (Lipinski definition) is 5. The Labute approximate surface area is 164 Å². The minimum Gasteiger partial charge on any atom is -0.457 e. The minimum atomic E-state index is -4.61. The molecular weight excluding hydrogens is 385 g/mol. The maximum Gasteiger partial charge on any atom is 0.417 e. The van der Waals surface area contributed by atoms with Crippen LogP contribution in [0.15, 0.2) is 60.7 Å². The number of pyridine rings is 1. The van der Waals surface area contributed by atoms with E-state index in [1.54, 1.807) is 42.5 Å². The molecule has 1 aromatic heterocycles. The first-order valence-electron chi connectivity index (χ1n) is 8.47. The number of benzene rings is 2. The van der Waals surface area contributed by atoms with Crippen molar-refractivity contribution in [3.63, 3.8) is 0 Å². The fourth-order valence-corrected chi connectivity index (χ4v) is 2.65. The molecule has 0 unspecified atom stereocenters. The van der Waals surface area contributed by atoms with Gasteiger partial charge in [-0.25, -0.2) is 4.98 Å². The Balaban J connectivity index is 1.81. The summed E-state index contributed by atoms with van der Waals surface area (Å²) in [6, 6.07) is 16.2. The molecule has 2 aromatic carbocycles. The lowest BCUT2D eigenvalue weighted by Gasteiger charge is -2.12. The summed E-state index contributed by atoms with van der Waals surface area (Å²) in [6.45, 7) is -0.443. The first-order chi connectivity index (χ1) is 13.8. The smallest absolute Gasteiger partial charge is 0.417 e. The molecule has 2 N–H and O–H groups in total. The van der Waals surface area contributed by atoms with E-state index in [0.29, 0.717) is 17.1 Å². The summed E-state index contributed by atoms with van der Waals surface area (Å²) < 4.78 is 44.2. The highest BCUT2D eigenvalue weighted by atomic mass is 19.4. The van der Waals surface area contributed by atoms with Crippen molar-refractivity contribution in [1.29, 1.82) is 5.26 Å². The third kappa shape index (κ3) is 4.71. The molecule has 0 bridgehead atoms. The van der Waals surface area contributed by atoms with Crippen molar-refractivity contribution in [3.8, 4) is 28.8 Å². The SMILES string of the molecule is N#Cc1cc(Oc2ccc(-c3cccc([C@H](O)CO)n3)cc2)ccc1C(F)(F)F. The highest BCUT2D eigenvalue weighted by molar-refractivity contribution is 5.60. The second kappa shape index (κ2) is 8.31. The summed E-state index contributed by atoms with van der Waals surface area (Å²) in [6.07, 6.45) is -5.69.